The Morgan fingerprint density at radius 3 is 2.39 bits per heavy atom. The third-order valence-electron chi connectivity index (χ3n) is 2.28. The Kier molecular flexibility index (Phi) is 7.39. The van der Waals surface area contributed by atoms with E-state index in [4.69, 9.17) is 10.5 Å². The number of amides is 1. The van der Waals surface area contributed by atoms with Crippen molar-refractivity contribution in [2.75, 3.05) is 13.2 Å². The third-order valence-corrected chi connectivity index (χ3v) is 2.28. The molecule has 1 amide bonds. The molecule has 4 nitrogen and oxygen atoms in total. The number of nitrogens with one attached hydrogen (secondary N) is 1. The molecule has 5 heteroatoms. The van der Waals surface area contributed by atoms with Gasteiger partial charge in [-0.05, 0) is 44.0 Å². The van der Waals surface area contributed by atoms with Crippen LogP contribution in [-0.4, -0.2) is 25.1 Å². The molecule has 0 aliphatic heterocycles. The van der Waals surface area contributed by atoms with E-state index in [0.717, 1.165) is 5.75 Å². The highest BCUT2D eigenvalue weighted by Gasteiger charge is 2.05. The number of carbonyl (C=O) groups is 1. The van der Waals surface area contributed by atoms with Crippen LogP contribution in [0.25, 0.3) is 0 Å². The van der Waals surface area contributed by atoms with Crippen LogP contribution in [0.1, 0.15) is 18.1 Å². The maximum atomic E-state index is 11.2. The highest BCUT2D eigenvalue weighted by atomic mass is 35.5. The number of aryl methyl sites for hydroxylation is 2. The van der Waals surface area contributed by atoms with Crippen molar-refractivity contribution in [2.24, 2.45) is 5.73 Å². The van der Waals surface area contributed by atoms with Gasteiger partial charge in [0, 0.05) is 0 Å². The van der Waals surface area contributed by atoms with Gasteiger partial charge in [-0.1, -0.05) is 6.07 Å². The van der Waals surface area contributed by atoms with Gasteiger partial charge >= 0.3 is 0 Å². The molecule has 0 aliphatic carbocycles. The number of rotatable bonds is 5. The van der Waals surface area contributed by atoms with E-state index in [-0.39, 0.29) is 18.3 Å². The third kappa shape index (κ3) is 5.89. The van der Waals surface area contributed by atoms with Gasteiger partial charge in [-0.3, -0.25) is 4.79 Å². The lowest BCUT2D eigenvalue weighted by atomic mass is 10.1. The van der Waals surface area contributed by atoms with E-state index < -0.39 is 6.04 Å². The minimum atomic E-state index is -0.476. The van der Waals surface area contributed by atoms with Crippen LogP contribution < -0.4 is 15.8 Å². The lowest BCUT2D eigenvalue weighted by molar-refractivity contribution is -0.122. The summed E-state index contributed by atoms with van der Waals surface area (Å²) in [6, 6.07) is 5.56. The fourth-order valence-corrected chi connectivity index (χ4v) is 1.52. The molecule has 0 spiro atoms. The van der Waals surface area contributed by atoms with Crippen molar-refractivity contribution in [3.63, 3.8) is 0 Å². The molecule has 1 aromatic carbocycles. The van der Waals surface area contributed by atoms with Crippen LogP contribution in [0.4, 0.5) is 0 Å². The number of hydrogen-bond donors (Lipinski definition) is 2. The summed E-state index contributed by atoms with van der Waals surface area (Å²) in [6.45, 7) is 6.62. The molecule has 0 radical (unpaired) electrons. The second-order valence-electron chi connectivity index (χ2n) is 4.25. The second kappa shape index (κ2) is 7.95. The van der Waals surface area contributed by atoms with E-state index in [1.807, 2.05) is 26.0 Å². The summed E-state index contributed by atoms with van der Waals surface area (Å²) in [6.07, 6.45) is 0. The summed E-state index contributed by atoms with van der Waals surface area (Å²) in [5.74, 6) is 0.673. The van der Waals surface area contributed by atoms with Crippen LogP contribution in [0.3, 0.4) is 0 Å². The summed E-state index contributed by atoms with van der Waals surface area (Å²) in [4.78, 5) is 11.2. The minimum Gasteiger partial charge on any atom is -0.492 e. The summed E-state index contributed by atoms with van der Waals surface area (Å²) < 4.78 is 5.54. The Bertz CT molecular complexity index is 374. The first-order valence-corrected chi connectivity index (χ1v) is 5.73. The average molecular weight is 273 g/mol. The van der Waals surface area contributed by atoms with Crippen molar-refractivity contribution in [1.29, 1.82) is 0 Å². The van der Waals surface area contributed by atoms with E-state index in [0.29, 0.717) is 13.2 Å². The monoisotopic (exact) mass is 272 g/mol. The molecule has 0 heterocycles. The maximum Gasteiger partial charge on any atom is 0.236 e. The molecule has 0 saturated carbocycles. The molecule has 18 heavy (non-hydrogen) atoms. The Labute approximate surface area is 114 Å². The van der Waals surface area contributed by atoms with Crippen molar-refractivity contribution in [3.05, 3.63) is 29.3 Å². The number of halogens is 1. The van der Waals surface area contributed by atoms with Gasteiger partial charge < -0.3 is 15.8 Å². The Balaban J connectivity index is 0.00000289. The molecule has 3 N–H and O–H groups in total. The number of hydrogen-bond acceptors (Lipinski definition) is 3. The zero-order chi connectivity index (χ0) is 12.8. The Morgan fingerprint density at radius 1 is 1.33 bits per heavy atom. The van der Waals surface area contributed by atoms with E-state index in [1.165, 1.54) is 11.1 Å². The van der Waals surface area contributed by atoms with E-state index >= 15 is 0 Å². The molecule has 0 saturated heterocycles. The van der Waals surface area contributed by atoms with Crippen LogP contribution in [0, 0.1) is 13.8 Å². The normalized spacial score (nSPS) is 11.3. The average Bonchev–Trinajstić information content (AvgIpc) is 2.22. The summed E-state index contributed by atoms with van der Waals surface area (Å²) in [5.41, 5.74) is 7.75. The fraction of sp³-hybridized carbons (Fsp3) is 0.462. The summed E-state index contributed by atoms with van der Waals surface area (Å²) >= 11 is 0. The van der Waals surface area contributed by atoms with Crippen LogP contribution in [0.15, 0.2) is 18.2 Å². The molecular weight excluding hydrogens is 252 g/mol. The molecule has 0 aromatic heterocycles. The lowest BCUT2D eigenvalue weighted by Gasteiger charge is -2.10. The van der Waals surface area contributed by atoms with Gasteiger partial charge in [-0.25, -0.2) is 0 Å². The van der Waals surface area contributed by atoms with Crippen molar-refractivity contribution in [2.45, 2.75) is 26.8 Å². The van der Waals surface area contributed by atoms with Crippen LogP contribution in [0.5, 0.6) is 5.75 Å². The predicted molar refractivity (Wildman–Crippen MR) is 75.3 cm³/mol. The van der Waals surface area contributed by atoms with Crippen LogP contribution in [0.2, 0.25) is 0 Å². The van der Waals surface area contributed by atoms with Gasteiger partial charge in [-0.15, -0.1) is 12.4 Å². The number of ether oxygens (including phenoxy) is 1. The molecule has 0 bridgehead atoms. The topological polar surface area (TPSA) is 64.3 Å². The molecule has 1 rings (SSSR count). The molecule has 0 aliphatic rings. The fourth-order valence-electron chi connectivity index (χ4n) is 1.52. The predicted octanol–water partition coefficient (Wildman–Crippen LogP) is 1.57. The first kappa shape index (κ1) is 16.7. The zero-order valence-electron chi connectivity index (χ0n) is 11.0. The quantitative estimate of drug-likeness (QED) is 0.800. The zero-order valence-corrected chi connectivity index (χ0v) is 11.8. The van der Waals surface area contributed by atoms with Crippen molar-refractivity contribution < 1.29 is 9.53 Å². The summed E-state index contributed by atoms with van der Waals surface area (Å²) in [7, 11) is 0. The van der Waals surface area contributed by atoms with Gasteiger partial charge in [0.25, 0.3) is 0 Å². The smallest absolute Gasteiger partial charge is 0.236 e. The summed E-state index contributed by atoms with van der Waals surface area (Å²) in [5, 5.41) is 2.69. The standard InChI is InChI=1S/C13H20N2O2.ClH/c1-9-6-10(2)8-12(7-9)17-5-4-15-13(16)11(3)14;/h6-8,11H,4-5,14H2,1-3H3,(H,15,16);1H. The van der Waals surface area contributed by atoms with Crippen molar-refractivity contribution in [3.8, 4) is 5.75 Å². The molecule has 0 fully saturated rings. The molecule has 1 aromatic rings. The van der Waals surface area contributed by atoms with E-state index in [2.05, 4.69) is 11.4 Å². The molecular formula is C13H21ClN2O2. The maximum absolute atomic E-state index is 11.2. The van der Waals surface area contributed by atoms with Crippen molar-refractivity contribution in [1.82, 2.24) is 5.32 Å². The van der Waals surface area contributed by atoms with E-state index in [9.17, 15) is 4.79 Å². The van der Waals surface area contributed by atoms with E-state index in [1.54, 1.807) is 6.92 Å². The van der Waals surface area contributed by atoms with Crippen molar-refractivity contribution >= 4 is 18.3 Å². The Hall–Kier alpha value is -1.26. The van der Waals surface area contributed by atoms with Crippen LogP contribution in [-0.2, 0) is 4.79 Å². The highest BCUT2D eigenvalue weighted by molar-refractivity contribution is 5.85. The van der Waals surface area contributed by atoms with Gasteiger partial charge in [0.2, 0.25) is 5.91 Å². The van der Waals surface area contributed by atoms with Gasteiger partial charge in [-0.2, -0.15) is 0 Å². The van der Waals surface area contributed by atoms with Gasteiger partial charge in [0.1, 0.15) is 12.4 Å². The molecule has 102 valence electrons. The highest BCUT2D eigenvalue weighted by Crippen LogP contribution is 2.15. The Morgan fingerprint density at radius 2 is 1.89 bits per heavy atom. The first-order valence-electron chi connectivity index (χ1n) is 5.73. The number of nitrogens with two attached hydrogens (primary N) is 1. The molecule has 1 unspecified atom stereocenters. The van der Waals surface area contributed by atoms with Gasteiger partial charge in [0.15, 0.2) is 0 Å². The SMILES string of the molecule is Cc1cc(C)cc(OCCNC(=O)C(C)N)c1.Cl. The lowest BCUT2D eigenvalue weighted by Crippen LogP contribution is -2.40. The minimum absolute atomic E-state index is 0. The second-order valence-corrected chi connectivity index (χ2v) is 4.25. The van der Waals surface area contributed by atoms with Gasteiger partial charge in [0.05, 0.1) is 12.6 Å². The number of benzene rings is 1. The first-order chi connectivity index (χ1) is 7.99. The van der Waals surface area contributed by atoms with Crippen LogP contribution >= 0.6 is 12.4 Å². The largest absolute Gasteiger partial charge is 0.492 e. The molecule has 1 atom stereocenters. The number of carbonyl (C=O) groups excluding carboxylic acids is 1.